The summed E-state index contributed by atoms with van der Waals surface area (Å²) in [4.78, 5) is 0.316. The zero-order valence-electron chi connectivity index (χ0n) is 10.6. The van der Waals surface area contributed by atoms with Gasteiger partial charge in [-0.2, -0.15) is 8.78 Å². The fourth-order valence-corrected chi connectivity index (χ4v) is 2.25. The molecule has 3 N–H and O–H groups in total. The van der Waals surface area contributed by atoms with Crippen molar-refractivity contribution in [3.63, 3.8) is 0 Å². The van der Waals surface area contributed by atoms with Gasteiger partial charge in [-0.05, 0) is 58.4 Å². The van der Waals surface area contributed by atoms with Gasteiger partial charge in [0, 0.05) is 15.7 Å². The van der Waals surface area contributed by atoms with Crippen molar-refractivity contribution in [1.82, 2.24) is 0 Å². The van der Waals surface area contributed by atoms with Crippen LogP contribution in [0.1, 0.15) is 5.56 Å². The number of rotatable bonds is 5. The molecule has 21 heavy (non-hydrogen) atoms. The molecule has 2 aromatic carbocycles. The molecular weight excluding hydrogens is 362 g/mol. The van der Waals surface area contributed by atoms with Gasteiger partial charge in [0.1, 0.15) is 10.7 Å². The van der Waals surface area contributed by atoms with Gasteiger partial charge in [0.2, 0.25) is 0 Å². The van der Waals surface area contributed by atoms with Crippen LogP contribution in [-0.2, 0) is 0 Å². The summed E-state index contributed by atoms with van der Waals surface area (Å²) in [7, 11) is 0. The Bertz CT molecular complexity index is 650. The first kappa shape index (κ1) is 15.7. The highest BCUT2D eigenvalue weighted by molar-refractivity contribution is 9.10. The smallest absolute Gasteiger partial charge is 0.387 e. The highest BCUT2D eigenvalue weighted by atomic mass is 79.9. The summed E-state index contributed by atoms with van der Waals surface area (Å²) in [6, 6.07) is 11.6. The van der Waals surface area contributed by atoms with E-state index in [1.807, 2.05) is 6.07 Å². The van der Waals surface area contributed by atoms with Crippen molar-refractivity contribution in [3.8, 4) is 5.75 Å². The number of hydrogen-bond donors (Lipinski definition) is 2. The Morgan fingerprint density at radius 1 is 1.19 bits per heavy atom. The second-order valence-corrected chi connectivity index (χ2v) is 5.38. The van der Waals surface area contributed by atoms with Crippen molar-refractivity contribution in [2.45, 2.75) is 6.61 Å². The van der Waals surface area contributed by atoms with Crippen molar-refractivity contribution in [3.05, 3.63) is 52.5 Å². The molecule has 0 bridgehead atoms. The average molecular weight is 373 g/mol. The molecule has 0 aromatic heterocycles. The first-order valence-electron chi connectivity index (χ1n) is 5.87. The second kappa shape index (κ2) is 6.82. The third-order valence-corrected chi connectivity index (χ3v) is 3.50. The van der Waals surface area contributed by atoms with Crippen LogP contribution in [0.4, 0.5) is 20.2 Å². The average Bonchev–Trinajstić information content (AvgIpc) is 2.42. The molecule has 0 atom stereocenters. The minimum atomic E-state index is -2.83. The molecule has 0 heterocycles. The summed E-state index contributed by atoms with van der Waals surface area (Å²) < 4.78 is 29.2. The van der Waals surface area contributed by atoms with Crippen molar-refractivity contribution < 1.29 is 13.5 Å². The van der Waals surface area contributed by atoms with Crippen LogP contribution in [0.5, 0.6) is 5.75 Å². The maximum Gasteiger partial charge on any atom is 0.387 e. The summed E-state index contributed by atoms with van der Waals surface area (Å²) in [5, 5.41) is 3.14. The number of thiocarbonyl (C=S) groups is 1. The fourth-order valence-electron chi connectivity index (χ4n) is 1.64. The second-order valence-electron chi connectivity index (χ2n) is 4.09. The van der Waals surface area contributed by atoms with E-state index in [9.17, 15) is 8.78 Å². The third-order valence-electron chi connectivity index (χ3n) is 2.61. The Morgan fingerprint density at radius 2 is 1.86 bits per heavy atom. The predicted octanol–water partition coefficient (Wildman–Crippen LogP) is 4.43. The summed E-state index contributed by atoms with van der Waals surface area (Å²) in [6.45, 7) is -2.83. The lowest BCUT2D eigenvalue weighted by atomic mass is 10.2. The molecule has 0 spiro atoms. The highest BCUT2D eigenvalue weighted by Gasteiger charge is 2.06. The number of anilines is 2. The van der Waals surface area contributed by atoms with Gasteiger partial charge in [-0.1, -0.05) is 12.2 Å². The molecule has 0 aliphatic rings. The van der Waals surface area contributed by atoms with Crippen LogP contribution in [0.25, 0.3) is 0 Å². The predicted molar refractivity (Wildman–Crippen MR) is 86.4 cm³/mol. The quantitative estimate of drug-likeness (QED) is 0.762. The van der Waals surface area contributed by atoms with E-state index in [-0.39, 0.29) is 5.75 Å². The number of benzene rings is 2. The van der Waals surface area contributed by atoms with Crippen LogP contribution in [-0.4, -0.2) is 11.6 Å². The van der Waals surface area contributed by atoms with E-state index in [0.29, 0.717) is 4.99 Å². The van der Waals surface area contributed by atoms with Gasteiger partial charge in [0.25, 0.3) is 0 Å². The van der Waals surface area contributed by atoms with E-state index in [4.69, 9.17) is 18.0 Å². The molecule has 7 heteroatoms. The van der Waals surface area contributed by atoms with Crippen LogP contribution < -0.4 is 15.8 Å². The standard InChI is InChI=1S/C14H11BrF2N2OS/c15-11-7-8(13(18)21)1-6-12(11)19-9-2-4-10(5-3-9)20-14(16)17/h1-7,14,19H,(H2,18,21). The van der Waals surface area contributed by atoms with E-state index >= 15 is 0 Å². The molecule has 0 saturated carbocycles. The number of alkyl halides is 2. The molecule has 0 fully saturated rings. The fraction of sp³-hybridized carbons (Fsp3) is 0.0714. The van der Waals surface area contributed by atoms with Gasteiger partial charge in [-0.15, -0.1) is 0 Å². The Morgan fingerprint density at radius 3 is 2.38 bits per heavy atom. The molecular formula is C14H11BrF2N2OS. The van der Waals surface area contributed by atoms with E-state index in [1.165, 1.54) is 12.1 Å². The summed E-state index contributed by atoms with van der Waals surface area (Å²) >= 11 is 8.32. The van der Waals surface area contributed by atoms with Crippen molar-refractivity contribution in [2.75, 3.05) is 5.32 Å². The van der Waals surface area contributed by atoms with Gasteiger partial charge < -0.3 is 15.8 Å². The summed E-state index contributed by atoms with van der Waals surface area (Å²) in [6.07, 6.45) is 0. The van der Waals surface area contributed by atoms with Gasteiger partial charge in [-0.3, -0.25) is 0 Å². The van der Waals surface area contributed by atoms with Crippen LogP contribution >= 0.6 is 28.1 Å². The lowest BCUT2D eigenvalue weighted by Crippen LogP contribution is -2.09. The molecule has 0 radical (unpaired) electrons. The topological polar surface area (TPSA) is 47.3 Å². The molecule has 0 aliphatic carbocycles. The van der Waals surface area contributed by atoms with Gasteiger partial charge in [0.15, 0.2) is 0 Å². The van der Waals surface area contributed by atoms with Crippen molar-refractivity contribution in [1.29, 1.82) is 0 Å². The molecule has 2 aromatic rings. The SMILES string of the molecule is NC(=S)c1ccc(Nc2ccc(OC(F)F)cc2)c(Br)c1. The van der Waals surface area contributed by atoms with Crippen molar-refractivity contribution >= 4 is 44.5 Å². The van der Waals surface area contributed by atoms with E-state index < -0.39 is 6.61 Å². The number of ether oxygens (including phenoxy) is 1. The largest absolute Gasteiger partial charge is 0.435 e. The van der Waals surface area contributed by atoms with Crippen LogP contribution in [0.2, 0.25) is 0 Å². The van der Waals surface area contributed by atoms with Crippen LogP contribution in [0.3, 0.4) is 0 Å². The molecule has 0 unspecified atom stereocenters. The molecule has 110 valence electrons. The Hall–Kier alpha value is -1.73. The van der Waals surface area contributed by atoms with E-state index in [1.54, 1.807) is 24.3 Å². The molecule has 3 nitrogen and oxygen atoms in total. The Balaban J connectivity index is 2.13. The van der Waals surface area contributed by atoms with Crippen molar-refractivity contribution in [2.24, 2.45) is 5.73 Å². The number of nitrogens with two attached hydrogens (primary N) is 1. The van der Waals surface area contributed by atoms with E-state index in [0.717, 1.165) is 21.4 Å². The molecule has 2 rings (SSSR count). The summed E-state index contributed by atoms with van der Waals surface area (Å²) in [5.41, 5.74) is 7.85. The Kier molecular flexibility index (Phi) is 5.08. The van der Waals surface area contributed by atoms with Gasteiger partial charge >= 0.3 is 6.61 Å². The van der Waals surface area contributed by atoms with Crippen LogP contribution in [0, 0.1) is 0 Å². The number of nitrogens with one attached hydrogen (secondary N) is 1. The Labute approximate surface area is 134 Å². The minimum absolute atomic E-state index is 0.110. The molecule has 0 aliphatic heterocycles. The molecule has 0 amide bonds. The first-order chi connectivity index (χ1) is 9.95. The summed E-state index contributed by atoms with van der Waals surface area (Å²) in [5.74, 6) is 0.110. The normalized spacial score (nSPS) is 10.5. The first-order valence-corrected chi connectivity index (χ1v) is 7.07. The number of hydrogen-bond acceptors (Lipinski definition) is 3. The zero-order valence-corrected chi connectivity index (χ0v) is 13.0. The monoisotopic (exact) mass is 372 g/mol. The van der Waals surface area contributed by atoms with E-state index in [2.05, 4.69) is 26.0 Å². The lowest BCUT2D eigenvalue weighted by molar-refractivity contribution is -0.0498. The number of halogens is 3. The molecule has 0 saturated heterocycles. The lowest BCUT2D eigenvalue weighted by Gasteiger charge is -2.11. The third kappa shape index (κ3) is 4.37. The van der Waals surface area contributed by atoms with Gasteiger partial charge in [0.05, 0.1) is 5.69 Å². The zero-order chi connectivity index (χ0) is 15.4. The highest BCUT2D eigenvalue weighted by Crippen LogP contribution is 2.28. The minimum Gasteiger partial charge on any atom is -0.435 e. The maximum absolute atomic E-state index is 12.1. The maximum atomic E-state index is 12.1. The van der Waals surface area contributed by atoms with Gasteiger partial charge in [-0.25, -0.2) is 0 Å². The van der Waals surface area contributed by atoms with Crippen LogP contribution in [0.15, 0.2) is 46.9 Å².